The molecular weight excluding hydrogens is 479 g/mol. The summed E-state index contributed by atoms with van der Waals surface area (Å²) in [5, 5.41) is 2.86. The molecule has 4 aromatic carbocycles. The third-order valence-electron chi connectivity index (χ3n) is 5.96. The van der Waals surface area contributed by atoms with Crippen molar-refractivity contribution in [1.82, 2.24) is 0 Å². The van der Waals surface area contributed by atoms with Gasteiger partial charge >= 0.3 is 0 Å². The smallest absolute Gasteiger partial charge is 0.264 e. The molecule has 0 aliphatic carbocycles. The average molecular weight is 503 g/mol. The summed E-state index contributed by atoms with van der Waals surface area (Å²) in [6.07, 6.45) is 0.461. The Balaban J connectivity index is 1.32. The maximum Gasteiger partial charge on any atom is 0.264 e. The number of carbonyl (C=O) groups is 1. The second kappa shape index (κ2) is 9.47. The molecule has 6 nitrogen and oxygen atoms in total. The fourth-order valence-corrected chi connectivity index (χ4v) is 5.96. The Labute approximate surface area is 209 Å². The molecule has 0 fully saturated rings. The summed E-state index contributed by atoms with van der Waals surface area (Å²) in [6.45, 7) is 1.81. The molecule has 0 bridgehead atoms. The summed E-state index contributed by atoms with van der Waals surface area (Å²) in [5.74, 6) is 0.560. The number of halogens is 1. The van der Waals surface area contributed by atoms with Crippen LogP contribution in [-0.4, -0.2) is 20.4 Å². The van der Waals surface area contributed by atoms with Crippen LogP contribution in [0.5, 0.6) is 11.5 Å². The van der Waals surface area contributed by atoms with E-state index in [-0.39, 0.29) is 16.8 Å². The van der Waals surface area contributed by atoms with Crippen LogP contribution in [0.3, 0.4) is 0 Å². The Kier molecular flexibility index (Phi) is 6.20. The van der Waals surface area contributed by atoms with Gasteiger partial charge in [0.05, 0.1) is 10.6 Å². The van der Waals surface area contributed by atoms with Crippen LogP contribution in [0.15, 0.2) is 102 Å². The van der Waals surface area contributed by atoms with Gasteiger partial charge in [-0.05, 0) is 97.8 Å². The van der Waals surface area contributed by atoms with Gasteiger partial charge in [0.15, 0.2) is 0 Å². The zero-order valence-electron chi connectivity index (χ0n) is 19.4. The van der Waals surface area contributed by atoms with Crippen molar-refractivity contribution in [2.45, 2.75) is 24.3 Å². The molecule has 1 atom stereocenters. The first kappa shape index (κ1) is 23.6. The Morgan fingerprint density at radius 3 is 2.28 bits per heavy atom. The number of fused-ring (bicyclic) bond motifs is 1. The molecule has 0 spiro atoms. The summed E-state index contributed by atoms with van der Waals surface area (Å²) in [4.78, 5) is 12.9. The van der Waals surface area contributed by atoms with E-state index in [4.69, 9.17) is 4.74 Å². The molecule has 182 valence electrons. The van der Waals surface area contributed by atoms with E-state index in [0.29, 0.717) is 29.1 Å². The van der Waals surface area contributed by atoms with E-state index >= 15 is 0 Å². The Bertz CT molecular complexity index is 1510. The largest absolute Gasteiger partial charge is 0.457 e. The molecule has 1 heterocycles. The second-order valence-corrected chi connectivity index (χ2v) is 10.4. The second-order valence-electron chi connectivity index (χ2n) is 8.55. The number of sulfonamides is 1. The molecule has 1 amide bonds. The standard InChI is InChI=1S/C28H23FN2O4S/c1-19-17-21-18-20(7-16-27(21)31(19)36(33,34)26-14-8-22(29)9-15-26)28(32)30-23-10-12-25(13-11-23)35-24-5-3-2-4-6-24/h2-16,18-19H,17H2,1H3,(H,30,32)/t19-/m0/s1. The molecule has 1 aliphatic rings. The van der Waals surface area contributed by atoms with Crippen LogP contribution >= 0.6 is 0 Å². The third-order valence-corrected chi connectivity index (χ3v) is 7.90. The van der Waals surface area contributed by atoms with E-state index in [2.05, 4.69) is 5.32 Å². The number of nitrogens with one attached hydrogen (secondary N) is 1. The van der Waals surface area contributed by atoms with Gasteiger partial charge in [0.1, 0.15) is 17.3 Å². The van der Waals surface area contributed by atoms with Gasteiger partial charge in [-0.2, -0.15) is 0 Å². The number of anilines is 2. The van der Waals surface area contributed by atoms with Gasteiger partial charge < -0.3 is 10.1 Å². The number of para-hydroxylation sites is 1. The lowest BCUT2D eigenvalue weighted by Crippen LogP contribution is -2.35. The summed E-state index contributed by atoms with van der Waals surface area (Å²) in [6, 6.07) is 25.8. The molecule has 1 aliphatic heterocycles. The number of ether oxygens (including phenoxy) is 1. The van der Waals surface area contributed by atoms with Gasteiger partial charge in [0.25, 0.3) is 15.9 Å². The lowest BCUT2D eigenvalue weighted by atomic mass is 10.1. The first-order valence-corrected chi connectivity index (χ1v) is 12.8. The lowest BCUT2D eigenvalue weighted by molar-refractivity contribution is 0.102. The van der Waals surface area contributed by atoms with Gasteiger partial charge in [-0.1, -0.05) is 18.2 Å². The molecule has 8 heteroatoms. The minimum Gasteiger partial charge on any atom is -0.457 e. The minimum absolute atomic E-state index is 0.0186. The topological polar surface area (TPSA) is 75.7 Å². The van der Waals surface area contributed by atoms with Crippen LogP contribution in [0.4, 0.5) is 15.8 Å². The van der Waals surface area contributed by atoms with Crippen molar-refractivity contribution in [2.24, 2.45) is 0 Å². The van der Waals surface area contributed by atoms with E-state index < -0.39 is 15.8 Å². The van der Waals surface area contributed by atoms with Crippen molar-refractivity contribution in [2.75, 3.05) is 9.62 Å². The first-order valence-electron chi connectivity index (χ1n) is 11.4. The molecule has 5 rings (SSSR count). The number of benzene rings is 4. The molecular formula is C28H23FN2O4S. The van der Waals surface area contributed by atoms with Crippen molar-refractivity contribution in [3.8, 4) is 11.5 Å². The molecule has 36 heavy (non-hydrogen) atoms. The van der Waals surface area contributed by atoms with E-state index in [1.165, 1.54) is 16.4 Å². The van der Waals surface area contributed by atoms with Crippen molar-refractivity contribution in [3.05, 3.63) is 114 Å². The number of nitrogens with zero attached hydrogens (tertiary/aromatic N) is 1. The lowest BCUT2D eigenvalue weighted by Gasteiger charge is -2.24. The van der Waals surface area contributed by atoms with Crippen molar-refractivity contribution in [3.63, 3.8) is 0 Å². The summed E-state index contributed by atoms with van der Waals surface area (Å²) in [7, 11) is -3.87. The van der Waals surface area contributed by atoms with Crippen LogP contribution in [-0.2, 0) is 16.4 Å². The van der Waals surface area contributed by atoms with Crippen LogP contribution in [0, 0.1) is 5.82 Å². The van der Waals surface area contributed by atoms with Crippen LogP contribution in [0.25, 0.3) is 0 Å². The predicted octanol–water partition coefficient (Wildman–Crippen LogP) is 6.01. The monoisotopic (exact) mass is 502 g/mol. The summed E-state index contributed by atoms with van der Waals surface area (Å²) < 4.78 is 46.9. The zero-order chi connectivity index (χ0) is 25.3. The highest BCUT2D eigenvalue weighted by molar-refractivity contribution is 7.92. The fourth-order valence-electron chi connectivity index (χ4n) is 4.26. The molecule has 4 aromatic rings. The van der Waals surface area contributed by atoms with Gasteiger partial charge in [-0.3, -0.25) is 9.10 Å². The quantitative estimate of drug-likeness (QED) is 0.350. The number of amides is 1. The molecule has 0 unspecified atom stereocenters. The van der Waals surface area contributed by atoms with E-state index in [1.54, 1.807) is 49.4 Å². The van der Waals surface area contributed by atoms with Gasteiger partial charge in [0, 0.05) is 17.3 Å². The fraction of sp³-hybridized carbons (Fsp3) is 0.107. The SMILES string of the molecule is C[C@H]1Cc2cc(C(=O)Nc3ccc(Oc4ccccc4)cc3)ccc2N1S(=O)(=O)c1ccc(F)cc1. The molecule has 1 N–H and O–H groups in total. The van der Waals surface area contributed by atoms with Gasteiger partial charge in [0.2, 0.25) is 0 Å². The predicted molar refractivity (Wildman–Crippen MR) is 137 cm³/mol. The maximum absolute atomic E-state index is 13.3. The number of rotatable bonds is 6. The van der Waals surface area contributed by atoms with E-state index in [0.717, 1.165) is 23.4 Å². The number of hydrogen-bond donors (Lipinski definition) is 1. The molecule has 0 radical (unpaired) electrons. The first-order chi connectivity index (χ1) is 17.3. The van der Waals surface area contributed by atoms with E-state index in [9.17, 15) is 17.6 Å². The van der Waals surface area contributed by atoms with E-state index in [1.807, 2.05) is 30.3 Å². The molecule has 0 saturated carbocycles. The van der Waals surface area contributed by atoms with Crippen molar-refractivity contribution >= 4 is 27.3 Å². The van der Waals surface area contributed by atoms with Gasteiger partial charge in [-0.15, -0.1) is 0 Å². The third kappa shape index (κ3) is 4.67. The van der Waals surface area contributed by atoms with Gasteiger partial charge in [-0.25, -0.2) is 12.8 Å². The highest BCUT2D eigenvalue weighted by Crippen LogP contribution is 2.37. The highest BCUT2D eigenvalue weighted by Gasteiger charge is 2.36. The number of carbonyl (C=O) groups excluding carboxylic acids is 1. The van der Waals surface area contributed by atoms with Crippen LogP contribution < -0.4 is 14.4 Å². The van der Waals surface area contributed by atoms with Crippen molar-refractivity contribution < 1.29 is 22.3 Å². The molecule has 0 saturated heterocycles. The Morgan fingerprint density at radius 2 is 1.58 bits per heavy atom. The number of hydrogen-bond acceptors (Lipinski definition) is 4. The zero-order valence-corrected chi connectivity index (χ0v) is 20.2. The van der Waals surface area contributed by atoms with Crippen LogP contribution in [0.2, 0.25) is 0 Å². The molecule has 0 aromatic heterocycles. The average Bonchev–Trinajstić information content (AvgIpc) is 3.21. The normalized spacial score (nSPS) is 14.8. The minimum atomic E-state index is -3.87. The Morgan fingerprint density at radius 1 is 0.917 bits per heavy atom. The summed E-state index contributed by atoms with van der Waals surface area (Å²) >= 11 is 0. The van der Waals surface area contributed by atoms with Crippen molar-refractivity contribution in [1.29, 1.82) is 0 Å². The maximum atomic E-state index is 13.3. The Hall–Kier alpha value is -4.17. The van der Waals surface area contributed by atoms with Crippen LogP contribution in [0.1, 0.15) is 22.8 Å². The summed E-state index contributed by atoms with van der Waals surface area (Å²) in [5.41, 5.74) is 2.31. The highest BCUT2D eigenvalue weighted by atomic mass is 32.2.